The Labute approximate surface area is 192 Å². The fourth-order valence-corrected chi connectivity index (χ4v) is 3.68. The molecular formula is C23H25Cl2N5O. The Bertz CT molecular complexity index is 1120. The number of ether oxygens (including phenoxy) is 1. The summed E-state index contributed by atoms with van der Waals surface area (Å²) in [7, 11) is 0. The lowest BCUT2D eigenvalue weighted by molar-refractivity contribution is 0.309. The lowest BCUT2D eigenvalue weighted by Gasteiger charge is -2.19. The maximum absolute atomic E-state index is 6.51. The lowest BCUT2D eigenvalue weighted by Crippen LogP contribution is -2.14. The third-order valence-electron chi connectivity index (χ3n) is 4.57. The highest BCUT2D eigenvalue weighted by Crippen LogP contribution is 2.35. The van der Waals surface area contributed by atoms with Gasteiger partial charge < -0.3 is 20.7 Å². The number of allylic oxidation sites excluding steroid dienone is 1. The Hall–Kier alpha value is -2.80. The fraction of sp³-hybridized carbons (Fsp3) is 0.217. The van der Waals surface area contributed by atoms with Crippen LogP contribution in [0, 0.1) is 6.92 Å². The first kappa shape index (κ1) is 22.9. The maximum atomic E-state index is 6.51. The molecule has 0 saturated heterocycles. The molecule has 2 heterocycles. The van der Waals surface area contributed by atoms with Crippen LogP contribution in [0.25, 0.3) is 10.9 Å². The van der Waals surface area contributed by atoms with Crippen LogP contribution in [0.2, 0.25) is 10.0 Å². The van der Waals surface area contributed by atoms with Crippen LogP contribution in [0.5, 0.6) is 5.75 Å². The van der Waals surface area contributed by atoms with Crippen molar-refractivity contribution in [3.8, 4) is 5.75 Å². The molecule has 0 aliphatic heterocycles. The molecular weight excluding hydrogens is 433 g/mol. The largest absolute Gasteiger partial charge is 0.487 e. The van der Waals surface area contributed by atoms with Crippen LogP contribution in [0.4, 0.5) is 11.5 Å². The van der Waals surface area contributed by atoms with Gasteiger partial charge in [0.05, 0.1) is 15.7 Å². The van der Waals surface area contributed by atoms with Crippen LogP contribution < -0.4 is 20.7 Å². The van der Waals surface area contributed by atoms with Gasteiger partial charge in [0.15, 0.2) is 0 Å². The highest BCUT2D eigenvalue weighted by molar-refractivity contribution is 6.37. The van der Waals surface area contributed by atoms with E-state index in [2.05, 4.69) is 16.9 Å². The third-order valence-corrected chi connectivity index (χ3v) is 5.30. The Kier molecular flexibility index (Phi) is 7.74. The minimum Gasteiger partial charge on any atom is -0.487 e. The Morgan fingerprint density at radius 1 is 1.32 bits per heavy atom. The predicted octanol–water partition coefficient (Wildman–Crippen LogP) is 5.68. The molecule has 3 aromatic rings. The van der Waals surface area contributed by atoms with Gasteiger partial charge in [-0.05, 0) is 26.0 Å². The first-order valence-electron chi connectivity index (χ1n) is 9.83. The van der Waals surface area contributed by atoms with Crippen molar-refractivity contribution in [2.45, 2.75) is 20.5 Å². The lowest BCUT2D eigenvalue weighted by atomic mass is 10.1. The number of hydrogen-bond acceptors (Lipinski definition) is 6. The molecule has 0 aliphatic rings. The Balaban J connectivity index is 1.98. The van der Waals surface area contributed by atoms with E-state index in [0.29, 0.717) is 40.3 Å². The molecule has 8 heteroatoms. The van der Waals surface area contributed by atoms with Gasteiger partial charge in [-0.2, -0.15) is 0 Å². The van der Waals surface area contributed by atoms with Gasteiger partial charge in [0.1, 0.15) is 23.7 Å². The minimum atomic E-state index is 0.168. The summed E-state index contributed by atoms with van der Waals surface area (Å²) in [6, 6.07) is 7.83. The second kappa shape index (κ2) is 10.5. The van der Waals surface area contributed by atoms with Crippen LogP contribution in [0.1, 0.15) is 18.2 Å². The summed E-state index contributed by atoms with van der Waals surface area (Å²) in [6.45, 7) is 9.00. The number of aryl methyl sites for hydroxylation is 1. The van der Waals surface area contributed by atoms with E-state index >= 15 is 0 Å². The van der Waals surface area contributed by atoms with Crippen molar-refractivity contribution >= 4 is 45.6 Å². The van der Waals surface area contributed by atoms with Crippen molar-refractivity contribution in [1.29, 1.82) is 0 Å². The Morgan fingerprint density at radius 3 is 2.84 bits per heavy atom. The smallest absolute Gasteiger partial charge is 0.146 e. The predicted molar refractivity (Wildman–Crippen MR) is 130 cm³/mol. The van der Waals surface area contributed by atoms with E-state index in [4.69, 9.17) is 38.7 Å². The minimum absolute atomic E-state index is 0.168. The zero-order valence-electron chi connectivity index (χ0n) is 17.5. The van der Waals surface area contributed by atoms with Gasteiger partial charge in [-0.3, -0.25) is 0 Å². The van der Waals surface area contributed by atoms with Crippen molar-refractivity contribution in [2.24, 2.45) is 5.73 Å². The summed E-state index contributed by atoms with van der Waals surface area (Å²) in [5.41, 5.74) is 8.77. The van der Waals surface area contributed by atoms with E-state index in [1.165, 1.54) is 0 Å². The SMILES string of the molecule is C=CN(/C=C\C)c1cc(C)nc2c(OCc3c(Cl)cnc(NCCN)c3Cl)cccc12. The summed E-state index contributed by atoms with van der Waals surface area (Å²) in [6.07, 6.45) is 7.20. The molecule has 0 saturated carbocycles. The number of halogens is 2. The van der Waals surface area contributed by atoms with Gasteiger partial charge in [0, 0.05) is 48.3 Å². The fourth-order valence-electron chi connectivity index (χ4n) is 3.16. The van der Waals surface area contributed by atoms with Gasteiger partial charge in [0.25, 0.3) is 0 Å². The molecule has 0 aliphatic carbocycles. The number of fused-ring (bicyclic) bond motifs is 1. The topological polar surface area (TPSA) is 76.3 Å². The number of nitrogens with one attached hydrogen (secondary N) is 1. The third kappa shape index (κ3) is 5.10. The molecule has 162 valence electrons. The summed E-state index contributed by atoms with van der Waals surface area (Å²) < 4.78 is 6.14. The van der Waals surface area contributed by atoms with E-state index in [1.807, 2.05) is 55.3 Å². The average molecular weight is 458 g/mol. The molecule has 0 bridgehead atoms. The zero-order chi connectivity index (χ0) is 22.4. The summed E-state index contributed by atoms with van der Waals surface area (Å²) in [4.78, 5) is 10.9. The first-order valence-corrected chi connectivity index (χ1v) is 10.6. The van der Waals surface area contributed by atoms with Gasteiger partial charge in [-0.25, -0.2) is 9.97 Å². The number of para-hydroxylation sites is 1. The average Bonchev–Trinajstić information content (AvgIpc) is 2.76. The van der Waals surface area contributed by atoms with E-state index in [1.54, 1.807) is 12.4 Å². The molecule has 0 amide bonds. The summed E-state index contributed by atoms with van der Waals surface area (Å²) in [5.74, 6) is 1.16. The molecule has 31 heavy (non-hydrogen) atoms. The summed E-state index contributed by atoms with van der Waals surface area (Å²) in [5, 5.41) is 4.87. The van der Waals surface area contributed by atoms with Crippen molar-refractivity contribution in [3.05, 3.63) is 76.8 Å². The number of nitrogens with two attached hydrogens (primary N) is 1. The number of rotatable bonds is 9. The second-order valence-corrected chi connectivity index (χ2v) is 7.54. The highest BCUT2D eigenvalue weighted by Gasteiger charge is 2.15. The standard InChI is InChI=1S/C23H25Cl2N5O/c1-4-11-30(5-2)19-12-15(3)29-22-16(19)7-6-8-20(22)31-14-17-18(24)13-28-23(21(17)25)27-10-9-26/h4-8,11-13H,2,9-10,14,26H2,1,3H3,(H,27,28)/b11-4-. The van der Waals surface area contributed by atoms with Crippen molar-refractivity contribution in [1.82, 2.24) is 9.97 Å². The number of nitrogens with zero attached hydrogens (tertiary/aromatic N) is 3. The van der Waals surface area contributed by atoms with Gasteiger partial charge >= 0.3 is 0 Å². The van der Waals surface area contributed by atoms with Crippen LogP contribution in [-0.2, 0) is 6.61 Å². The molecule has 1 aromatic carbocycles. The van der Waals surface area contributed by atoms with Crippen LogP contribution in [0.15, 0.2) is 55.5 Å². The van der Waals surface area contributed by atoms with Gasteiger partial charge in [0.2, 0.25) is 0 Å². The molecule has 3 N–H and O–H groups in total. The molecule has 6 nitrogen and oxygen atoms in total. The highest BCUT2D eigenvalue weighted by atomic mass is 35.5. The van der Waals surface area contributed by atoms with E-state index in [9.17, 15) is 0 Å². The van der Waals surface area contributed by atoms with Crippen LogP contribution >= 0.6 is 23.2 Å². The molecule has 0 fully saturated rings. The van der Waals surface area contributed by atoms with E-state index < -0.39 is 0 Å². The first-order chi connectivity index (χ1) is 15.0. The molecule has 0 radical (unpaired) electrons. The number of pyridine rings is 2. The van der Waals surface area contributed by atoms with Crippen molar-refractivity contribution < 1.29 is 4.74 Å². The number of hydrogen-bond donors (Lipinski definition) is 2. The van der Waals surface area contributed by atoms with E-state index in [-0.39, 0.29) is 6.61 Å². The molecule has 2 aromatic heterocycles. The van der Waals surface area contributed by atoms with Gasteiger partial charge in [-0.15, -0.1) is 0 Å². The molecule has 0 spiro atoms. The number of benzene rings is 1. The van der Waals surface area contributed by atoms with Crippen molar-refractivity contribution in [3.63, 3.8) is 0 Å². The van der Waals surface area contributed by atoms with Crippen LogP contribution in [-0.4, -0.2) is 23.1 Å². The maximum Gasteiger partial charge on any atom is 0.146 e. The zero-order valence-corrected chi connectivity index (χ0v) is 19.0. The van der Waals surface area contributed by atoms with Crippen LogP contribution in [0.3, 0.4) is 0 Å². The quantitative estimate of drug-likeness (QED) is 0.430. The van der Waals surface area contributed by atoms with Crippen molar-refractivity contribution in [2.75, 3.05) is 23.3 Å². The number of aromatic nitrogens is 2. The second-order valence-electron chi connectivity index (χ2n) is 6.76. The molecule has 0 atom stereocenters. The Morgan fingerprint density at radius 2 is 2.13 bits per heavy atom. The normalized spacial score (nSPS) is 11.1. The molecule has 3 rings (SSSR count). The monoisotopic (exact) mass is 457 g/mol. The molecule has 0 unspecified atom stereocenters. The summed E-state index contributed by atoms with van der Waals surface area (Å²) >= 11 is 12.9. The van der Waals surface area contributed by atoms with E-state index in [0.717, 1.165) is 22.3 Å². The number of anilines is 2. The van der Waals surface area contributed by atoms with Gasteiger partial charge in [-0.1, -0.05) is 48.0 Å².